The highest BCUT2D eigenvalue weighted by molar-refractivity contribution is 6.50. The smallest absolute Gasteiger partial charge is 0.418 e. The fraction of sp³-hybridized carbons (Fsp3) is 0.378. The predicted molar refractivity (Wildman–Crippen MR) is 177 cm³/mol. The molecule has 0 unspecified atom stereocenters. The number of fused-ring (bicyclic) bond motifs is 3. The van der Waals surface area contributed by atoms with E-state index in [1.54, 1.807) is 0 Å². The Morgan fingerprint density at radius 3 is 1.45 bits per heavy atom. The number of hydrogen-bond acceptors (Lipinski definition) is 1. The zero-order chi connectivity index (χ0) is 32.1. The van der Waals surface area contributed by atoms with E-state index in [9.17, 15) is 17.3 Å². The van der Waals surface area contributed by atoms with Gasteiger partial charge in [-0.25, -0.2) is 9.48 Å². The summed E-state index contributed by atoms with van der Waals surface area (Å²) in [6.07, 6.45) is 2.48. The summed E-state index contributed by atoms with van der Waals surface area (Å²) in [6, 6.07) is 28.2. The fourth-order valence-corrected chi connectivity index (χ4v) is 7.13. The van der Waals surface area contributed by atoms with Crippen LogP contribution in [0.1, 0.15) is 125 Å². The Bertz CT molecular complexity index is 1640. The summed E-state index contributed by atoms with van der Waals surface area (Å²) in [6.45, 7) is 18.7. The third-order valence-electron chi connectivity index (χ3n) is 8.96. The van der Waals surface area contributed by atoms with E-state index in [1.807, 2.05) is 0 Å². The Kier molecular flexibility index (Phi) is 8.72. The highest BCUT2D eigenvalue weighted by atomic mass is 19.5. The molecule has 0 radical (unpaired) electrons. The van der Waals surface area contributed by atoms with Crippen molar-refractivity contribution in [1.82, 2.24) is 0 Å². The number of hydrogen-bond donors (Lipinski definition) is 0. The van der Waals surface area contributed by atoms with E-state index in [4.69, 9.17) is 0 Å². The first kappa shape index (κ1) is 31.8. The molecule has 232 valence electrons. The molecule has 0 spiro atoms. The monoisotopic (exact) mass is 602 g/mol. The summed E-state index contributed by atoms with van der Waals surface area (Å²) < 4.78 is 41.7. The zero-order valence-corrected chi connectivity index (χ0v) is 27.0. The van der Waals surface area contributed by atoms with Crippen LogP contribution in [0.15, 0.2) is 72.8 Å². The van der Waals surface area contributed by atoms with Crippen LogP contribution >= 0.6 is 0 Å². The number of benzene rings is 4. The first-order chi connectivity index (χ1) is 20.7. The maximum Gasteiger partial charge on any atom is 0.673 e. The molecule has 0 saturated carbocycles. The molecule has 0 amide bonds. The van der Waals surface area contributed by atoms with Crippen LogP contribution in [0.25, 0.3) is 10.8 Å². The van der Waals surface area contributed by atoms with Crippen molar-refractivity contribution in [1.29, 1.82) is 0 Å². The van der Waals surface area contributed by atoms with E-state index < -0.39 is 7.25 Å². The van der Waals surface area contributed by atoms with Gasteiger partial charge in [0.25, 0.3) is 0 Å². The Morgan fingerprint density at radius 2 is 1.00 bits per heavy atom. The number of rotatable bonds is 6. The number of nitrogens with zero attached hydrogens (tertiary/aromatic N) is 2. The summed E-state index contributed by atoms with van der Waals surface area (Å²) in [4.78, 5) is 2.66. The van der Waals surface area contributed by atoms with E-state index in [1.165, 1.54) is 55.5 Å². The van der Waals surface area contributed by atoms with Gasteiger partial charge in [0.1, 0.15) is 11.4 Å². The van der Waals surface area contributed by atoms with E-state index in [0.29, 0.717) is 23.7 Å². The van der Waals surface area contributed by atoms with E-state index in [0.717, 1.165) is 0 Å². The second-order valence-corrected chi connectivity index (χ2v) is 13.3. The van der Waals surface area contributed by atoms with Crippen LogP contribution < -0.4 is 4.90 Å². The van der Waals surface area contributed by atoms with Crippen molar-refractivity contribution < 1.29 is 21.8 Å². The van der Waals surface area contributed by atoms with Gasteiger partial charge in [0.2, 0.25) is 6.34 Å². The molecular weight excluding hydrogens is 559 g/mol. The number of para-hydroxylation sites is 2. The van der Waals surface area contributed by atoms with Crippen LogP contribution in [0.3, 0.4) is 0 Å². The molecule has 1 aliphatic carbocycles. The molecule has 4 aromatic carbocycles. The van der Waals surface area contributed by atoms with Crippen molar-refractivity contribution in [2.75, 3.05) is 4.90 Å². The lowest BCUT2D eigenvalue weighted by atomic mass is 9.90. The normalized spacial score (nSPS) is 17.5. The standard InChI is InChI=1S/C37H43N2.BF4/c1-22(2)27-15-11-16-28(23(3)4)34(27)38-21-39(35-29(24(5)6)17-12-18-30(35)25(7)8)37-32-20-10-14-26-13-9-19-31(33(26)32)36(37)38;2-1(3,4)5/h9-25,36-37H,1-8H3;/q+1;-1/t36-,37+;. The summed E-state index contributed by atoms with van der Waals surface area (Å²) in [5, 5.41) is 2.79. The maximum atomic E-state index is 9.75. The van der Waals surface area contributed by atoms with Crippen LogP contribution in [0.5, 0.6) is 0 Å². The second kappa shape index (κ2) is 12.1. The highest BCUT2D eigenvalue weighted by Gasteiger charge is 2.52. The molecule has 0 bridgehead atoms. The molecule has 7 heteroatoms. The Labute approximate surface area is 259 Å². The van der Waals surface area contributed by atoms with Crippen LogP contribution in [0.2, 0.25) is 0 Å². The van der Waals surface area contributed by atoms with Crippen molar-refractivity contribution in [3.63, 3.8) is 0 Å². The van der Waals surface area contributed by atoms with Crippen molar-refractivity contribution in [2.45, 2.75) is 91.1 Å². The molecule has 1 heterocycles. The summed E-state index contributed by atoms with van der Waals surface area (Å²) in [5.41, 5.74) is 11.4. The lowest BCUT2D eigenvalue weighted by molar-refractivity contribution is -0.481. The minimum Gasteiger partial charge on any atom is -0.418 e. The molecule has 0 saturated heterocycles. The van der Waals surface area contributed by atoms with Crippen molar-refractivity contribution in [2.24, 2.45) is 0 Å². The minimum atomic E-state index is -6.00. The third-order valence-corrected chi connectivity index (χ3v) is 8.96. The van der Waals surface area contributed by atoms with Gasteiger partial charge in [0.05, 0.1) is 0 Å². The van der Waals surface area contributed by atoms with Gasteiger partial charge >= 0.3 is 7.25 Å². The summed E-state index contributed by atoms with van der Waals surface area (Å²) >= 11 is 0. The van der Waals surface area contributed by atoms with Crippen LogP contribution in [-0.2, 0) is 0 Å². The fourth-order valence-electron chi connectivity index (χ4n) is 7.13. The average molecular weight is 603 g/mol. The number of halogens is 4. The Balaban J connectivity index is 0.000000712. The second-order valence-electron chi connectivity index (χ2n) is 13.3. The van der Waals surface area contributed by atoms with Gasteiger partial charge in [0, 0.05) is 33.4 Å². The SMILES string of the molecule is CC(C)c1cccc(C(C)C)c1N1C=[N+](c2c(C(C)C)cccc2C(C)C)[C@H]2c3cccc4cccc(c34)[C@H]21.F[B-](F)(F)F. The molecule has 1 aliphatic heterocycles. The van der Waals surface area contributed by atoms with Gasteiger partial charge < -0.3 is 17.3 Å². The van der Waals surface area contributed by atoms with Gasteiger partial charge in [-0.2, -0.15) is 0 Å². The quantitative estimate of drug-likeness (QED) is 0.121. The first-order valence-corrected chi connectivity index (χ1v) is 15.8. The van der Waals surface area contributed by atoms with Crippen molar-refractivity contribution in [3.05, 3.63) is 106 Å². The van der Waals surface area contributed by atoms with Gasteiger partial charge in [0.15, 0.2) is 12.1 Å². The van der Waals surface area contributed by atoms with Gasteiger partial charge in [-0.05, 0) is 34.4 Å². The van der Waals surface area contributed by atoms with E-state index in [-0.39, 0.29) is 12.1 Å². The molecule has 2 nitrogen and oxygen atoms in total. The van der Waals surface area contributed by atoms with Gasteiger partial charge in [-0.1, -0.05) is 128 Å². The average Bonchev–Trinajstić information content (AvgIpc) is 3.49. The number of anilines is 1. The largest absolute Gasteiger partial charge is 0.673 e. The Hall–Kier alpha value is -3.61. The predicted octanol–water partition coefficient (Wildman–Crippen LogP) is 11.6. The van der Waals surface area contributed by atoms with E-state index in [2.05, 4.69) is 144 Å². The lowest BCUT2D eigenvalue weighted by Crippen LogP contribution is -2.26. The Morgan fingerprint density at radius 1 is 0.591 bits per heavy atom. The maximum absolute atomic E-state index is 9.75. The highest BCUT2D eigenvalue weighted by Crippen LogP contribution is 2.56. The van der Waals surface area contributed by atoms with Crippen LogP contribution in [0, 0.1) is 0 Å². The van der Waals surface area contributed by atoms with E-state index >= 15 is 0 Å². The van der Waals surface area contributed by atoms with Gasteiger partial charge in [-0.15, -0.1) is 0 Å². The van der Waals surface area contributed by atoms with Crippen molar-refractivity contribution in [3.8, 4) is 0 Å². The van der Waals surface area contributed by atoms with Crippen LogP contribution in [-0.4, -0.2) is 18.2 Å². The molecule has 2 atom stereocenters. The van der Waals surface area contributed by atoms with Crippen LogP contribution in [0.4, 0.5) is 28.6 Å². The first-order valence-electron chi connectivity index (χ1n) is 15.8. The molecule has 4 aromatic rings. The molecule has 44 heavy (non-hydrogen) atoms. The lowest BCUT2D eigenvalue weighted by Gasteiger charge is -2.25. The minimum absolute atomic E-state index is 0.226. The molecule has 0 fully saturated rings. The summed E-state index contributed by atoms with van der Waals surface area (Å²) in [7, 11) is -6.00. The third kappa shape index (κ3) is 5.78. The topological polar surface area (TPSA) is 6.25 Å². The summed E-state index contributed by atoms with van der Waals surface area (Å²) in [5.74, 6) is 1.75. The molecule has 6 rings (SSSR count). The molecule has 0 N–H and O–H groups in total. The van der Waals surface area contributed by atoms with Gasteiger partial charge in [-0.3, -0.25) is 0 Å². The molecular formula is C37H43BF4N2. The molecule has 2 aliphatic rings. The molecule has 0 aromatic heterocycles. The zero-order valence-electron chi connectivity index (χ0n) is 27.0. The van der Waals surface area contributed by atoms with Crippen molar-refractivity contribution >= 4 is 35.7 Å².